The molecule has 0 heterocycles. The smallest absolute Gasteiger partial charge is 0.266 e. The quantitative estimate of drug-likeness (QED) is 0.586. The third-order valence-corrected chi connectivity index (χ3v) is 4.90. The van der Waals surface area contributed by atoms with Gasteiger partial charge in [-0.05, 0) is 55.8 Å². The fraction of sp³-hybridized carbons (Fsp3) is 0.316. The van der Waals surface area contributed by atoms with Gasteiger partial charge in [0, 0.05) is 5.56 Å². The number of carbonyl (C=O) groups is 1. The Morgan fingerprint density at radius 2 is 1.71 bits per heavy atom. The largest absolute Gasteiger partial charge is 0.494 e. The van der Waals surface area contributed by atoms with E-state index in [2.05, 4.69) is 10.3 Å². The highest BCUT2D eigenvalue weighted by atomic mass is 32.2. The number of benzene rings is 2. The molecule has 0 atom stereocenters. The molecule has 0 aromatic heterocycles. The van der Waals surface area contributed by atoms with E-state index in [1.807, 2.05) is 13.8 Å². The van der Waals surface area contributed by atoms with Crippen LogP contribution in [0.25, 0.3) is 0 Å². The zero-order valence-electron chi connectivity index (χ0n) is 16.0. The summed E-state index contributed by atoms with van der Waals surface area (Å²) in [5, 5.41) is 0. The van der Waals surface area contributed by atoms with E-state index < -0.39 is 15.9 Å². The second-order valence-corrected chi connectivity index (χ2v) is 7.36. The summed E-state index contributed by atoms with van der Waals surface area (Å²) >= 11 is 0. The number of rotatable bonds is 10. The van der Waals surface area contributed by atoms with Crippen molar-refractivity contribution < 1.29 is 27.4 Å². The number of hydrogen-bond donors (Lipinski definition) is 2. The topological polar surface area (TPSA) is 103 Å². The molecule has 0 saturated heterocycles. The molecule has 0 aliphatic rings. The molecular weight excluding hydrogens is 384 g/mol. The highest BCUT2D eigenvalue weighted by Gasteiger charge is 2.17. The van der Waals surface area contributed by atoms with Crippen molar-refractivity contribution in [1.82, 2.24) is 10.3 Å². The molecule has 2 aromatic rings. The van der Waals surface area contributed by atoms with E-state index in [1.165, 1.54) is 31.4 Å². The third kappa shape index (κ3) is 5.61. The Bertz CT molecular complexity index is 897. The molecule has 0 fully saturated rings. The molecule has 0 spiro atoms. The zero-order valence-corrected chi connectivity index (χ0v) is 16.8. The van der Waals surface area contributed by atoms with Crippen LogP contribution in [0, 0.1) is 0 Å². The van der Waals surface area contributed by atoms with Crippen molar-refractivity contribution in [3.8, 4) is 17.2 Å². The van der Waals surface area contributed by atoms with Crippen LogP contribution in [-0.2, 0) is 10.0 Å². The first-order valence-electron chi connectivity index (χ1n) is 8.77. The Kier molecular flexibility index (Phi) is 7.65. The minimum atomic E-state index is -3.92. The fourth-order valence-electron chi connectivity index (χ4n) is 2.27. The van der Waals surface area contributed by atoms with Crippen LogP contribution < -0.4 is 24.5 Å². The lowest BCUT2D eigenvalue weighted by Crippen LogP contribution is -2.41. The van der Waals surface area contributed by atoms with Gasteiger partial charge in [-0.15, -0.1) is 4.83 Å². The van der Waals surface area contributed by atoms with Crippen molar-refractivity contribution in [3.63, 3.8) is 0 Å². The van der Waals surface area contributed by atoms with Crippen LogP contribution in [-0.4, -0.2) is 34.6 Å². The molecule has 0 aliphatic heterocycles. The minimum absolute atomic E-state index is 0.00264. The standard InChI is InChI=1S/C19H24N2O6S/c1-4-12-27-17-11-6-14(13-18(17)25-3)19(22)20-21-28(23,24)16-9-7-15(8-10-16)26-5-2/h6-11,13,21H,4-5,12H2,1-3H3,(H,20,22). The summed E-state index contributed by atoms with van der Waals surface area (Å²) in [6.45, 7) is 4.81. The van der Waals surface area contributed by atoms with Crippen LogP contribution in [0.3, 0.4) is 0 Å². The molecule has 28 heavy (non-hydrogen) atoms. The maximum atomic E-state index is 12.3. The summed E-state index contributed by atoms with van der Waals surface area (Å²) in [7, 11) is -2.46. The van der Waals surface area contributed by atoms with Gasteiger partial charge in [0.05, 0.1) is 25.2 Å². The summed E-state index contributed by atoms with van der Waals surface area (Å²) in [4.78, 5) is 14.4. The first kappa shape index (κ1) is 21.5. The molecule has 152 valence electrons. The summed E-state index contributed by atoms with van der Waals surface area (Å²) < 4.78 is 40.7. The van der Waals surface area contributed by atoms with Crippen LogP contribution >= 0.6 is 0 Å². The fourth-order valence-corrected chi connectivity index (χ4v) is 3.11. The lowest BCUT2D eigenvalue weighted by molar-refractivity contribution is 0.0944. The van der Waals surface area contributed by atoms with Gasteiger partial charge in [-0.1, -0.05) is 6.92 Å². The van der Waals surface area contributed by atoms with E-state index in [9.17, 15) is 13.2 Å². The number of ether oxygens (including phenoxy) is 3. The minimum Gasteiger partial charge on any atom is -0.494 e. The highest BCUT2D eigenvalue weighted by Crippen LogP contribution is 2.28. The van der Waals surface area contributed by atoms with E-state index in [-0.39, 0.29) is 10.5 Å². The number of carbonyl (C=O) groups excluding carboxylic acids is 1. The first-order valence-corrected chi connectivity index (χ1v) is 10.3. The Balaban J connectivity index is 2.06. The average molecular weight is 408 g/mol. The molecule has 2 aromatic carbocycles. The number of hydrazine groups is 1. The van der Waals surface area contributed by atoms with Crippen molar-refractivity contribution in [3.05, 3.63) is 48.0 Å². The molecule has 0 aliphatic carbocycles. The molecule has 0 unspecified atom stereocenters. The first-order chi connectivity index (χ1) is 13.4. The lowest BCUT2D eigenvalue weighted by Gasteiger charge is -2.12. The zero-order chi connectivity index (χ0) is 20.6. The van der Waals surface area contributed by atoms with E-state index in [0.29, 0.717) is 30.5 Å². The molecule has 2 N–H and O–H groups in total. The van der Waals surface area contributed by atoms with E-state index in [4.69, 9.17) is 14.2 Å². The molecule has 0 radical (unpaired) electrons. The number of sulfonamides is 1. The van der Waals surface area contributed by atoms with Gasteiger partial charge in [0.1, 0.15) is 5.75 Å². The van der Waals surface area contributed by atoms with Gasteiger partial charge in [-0.3, -0.25) is 10.2 Å². The number of hydrogen-bond acceptors (Lipinski definition) is 6. The molecule has 1 amide bonds. The van der Waals surface area contributed by atoms with E-state index in [1.54, 1.807) is 18.2 Å². The van der Waals surface area contributed by atoms with E-state index in [0.717, 1.165) is 6.42 Å². The van der Waals surface area contributed by atoms with Crippen LogP contribution in [0.2, 0.25) is 0 Å². The van der Waals surface area contributed by atoms with Crippen molar-refractivity contribution in [2.75, 3.05) is 20.3 Å². The Morgan fingerprint density at radius 1 is 1.00 bits per heavy atom. The van der Waals surface area contributed by atoms with Crippen molar-refractivity contribution in [2.45, 2.75) is 25.2 Å². The highest BCUT2D eigenvalue weighted by molar-refractivity contribution is 7.89. The summed E-state index contributed by atoms with van der Waals surface area (Å²) in [5.74, 6) is 0.823. The lowest BCUT2D eigenvalue weighted by atomic mass is 10.2. The monoisotopic (exact) mass is 408 g/mol. The summed E-state index contributed by atoms with van der Waals surface area (Å²) in [6, 6.07) is 10.5. The van der Waals surface area contributed by atoms with Crippen LogP contribution in [0.5, 0.6) is 17.2 Å². The van der Waals surface area contributed by atoms with Crippen molar-refractivity contribution in [2.24, 2.45) is 0 Å². The second-order valence-electron chi connectivity index (χ2n) is 5.68. The van der Waals surface area contributed by atoms with Gasteiger partial charge < -0.3 is 14.2 Å². The predicted molar refractivity (Wildman–Crippen MR) is 104 cm³/mol. The molecule has 8 nitrogen and oxygen atoms in total. The van der Waals surface area contributed by atoms with Gasteiger partial charge in [-0.25, -0.2) is 8.42 Å². The van der Waals surface area contributed by atoms with Crippen molar-refractivity contribution >= 4 is 15.9 Å². The van der Waals surface area contributed by atoms with Crippen LogP contribution in [0.4, 0.5) is 0 Å². The Labute approximate surface area is 164 Å². The van der Waals surface area contributed by atoms with Crippen LogP contribution in [0.15, 0.2) is 47.4 Å². The second kappa shape index (κ2) is 9.95. The normalized spacial score (nSPS) is 11.0. The summed E-state index contributed by atoms with van der Waals surface area (Å²) in [6.07, 6.45) is 0.832. The van der Waals surface area contributed by atoms with Gasteiger partial charge >= 0.3 is 0 Å². The van der Waals surface area contributed by atoms with Crippen LogP contribution in [0.1, 0.15) is 30.6 Å². The Morgan fingerprint density at radius 3 is 2.32 bits per heavy atom. The molecule has 0 bridgehead atoms. The summed E-state index contributed by atoms with van der Waals surface area (Å²) in [5.41, 5.74) is 2.40. The van der Waals surface area contributed by atoms with Gasteiger partial charge in [-0.2, -0.15) is 0 Å². The molecule has 2 rings (SSSR count). The van der Waals surface area contributed by atoms with Gasteiger partial charge in [0.2, 0.25) is 0 Å². The number of nitrogens with one attached hydrogen (secondary N) is 2. The van der Waals surface area contributed by atoms with Crippen molar-refractivity contribution in [1.29, 1.82) is 0 Å². The SMILES string of the molecule is CCCOc1ccc(C(=O)NNS(=O)(=O)c2ccc(OCC)cc2)cc1OC. The molecular formula is C19H24N2O6S. The maximum absolute atomic E-state index is 12.3. The Hall–Kier alpha value is -2.78. The third-order valence-electron chi connectivity index (χ3n) is 3.63. The maximum Gasteiger partial charge on any atom is 0.266 e. The number of amides is 1. The molecule has 9 heteroatoms. The molecule has 0 saturated carbocycles. The van der Waals surface area contributed by atoms with Gasteiger partial charge in [0.25, 0.3) is 15.9 Å². The van der Waals surface area contributed by atoms with Gasteiger partial charge in [0.15, 0.2) is 11.5 Å². The average Bonchev–Trinajstić information content (AvgIpc) is 2.71. The number of methoxy groups -OCH3 is 1. The predicted octanol–water partition coefficient (Wildman–Crippen LogP) is 2.51. The van der Waals surface area contributed by atoms with E-state index >= 15 is 0 Å².